The number of carbonyl (C=O) groups excluding carboxylic acids is 3. The average molecular weight is 418 g/mol. The lowest BCUT2D eigenvalue weighted by Crippen LogP contribution is -2.54. The molecule has 3 amide bonds. The lowest BCUT2D eigenvalue weighted by Gasteiger charge is -2.39. The van der Waals surface area contributed by atoms with Crippen LogP contribution in [0.2, 0.25) is 0 Å². The molecule has 3 rings (SSSR count). The van der Waals surface area contributed by atoms with E-state index in [0.29, 0.717) is 55.8 Å². The van der Waals surface area contributed by atoms with E-state index in [2.05, 4.69) is 5.32 Å². The summed E-state index contributed by atoms with van der Waals surface area (Å²) in [4.78, 5) is 41.5. The maximum Gasteiger partial charge on any atom is 0.253 e. The van der Waals surface area contributed by atoms with Gasteiger partial charge in [0.05, 0.1) is 14.2 Å². The van der Waals surface area contributed by atoms with Crippen molar-refractivity contribution in [2.24, 2.45) is 0 Å². The molecule has 1 N–H and O–H groups in total. The monoisotopic (exact) mass is 417 g/mol. The van der Waals surface area contributed by atoms with E-state index in [1.807, 2.05) is 13.8 Å². The zero-order valence-corrected chi connectivity index (χ0v) is 18.1. The van der Waals surface area contributed by atoms with Gasteiger partial charge in [0, 0.05) is 37.2 Å². The van der Waals surface area contributed by atoms with Gasteiger partial charge in [-0.05, 0) is 51.3 Å². The van der Waals surface area contributed by atoms with E-state index in [4.69, 9.17) is 9.47 Å². The van der Waals surface area contributed by atoms with Crippen LogP contribution in [0.15, 0.2) is 18.2 Å². The van der Waals surface area contributed by atoms with E-state index in [1.54, 1.807) is 35.1 Å². The third-order valence-electron chi connectivity index (χ3n) is 5.76. The molecule has 0 bridgehead atoms. The molecule has 0 aliphatic carbocycles. The molecule has 2 fully saturated rings. The minimum absolute atomic E-state index is 0.0163. The van der Waals surface area contributed by atoms with Gasteiger partial charge >= 0.3 is 0 Å². The molecule has 2 heterocycles. The predicted molar refractivity (Wildman–Crippen MR) is 112 cm³/mol. The van der Waals surface area contributed by atoms with Gasteiger partial charge in [0.2, 0.25) is 11.8 Å². The molecule has 8 nitrogen and oxygen atoms in total. The van der Waals surface area contributed by atoms with Crippen LogP contribution in [-0.2, 0) is 9.59 Å². The molecule has 1 atom stereocenters. The van der Waals surface area contributed by atoms with Gasteiger partial charge < -0.3 is 24.6 Å². The molecule has 30 heavy (non-hydrogen) atoms. The van der Waals surface area contributed by atoms with Crippen molar-refractivity contribution < 1.29 is 23.9 Å². The number of carbonyl (C=O) groups is 3. The second-order valence-electron chi connectivity index (χ2n) is 8.11. The lowest BCUT2D eigenvalue weighted by molar-refractivity contribution is -0.138. The number of ether oxygens (including phenoxy) is 2. The maximum atomic E-state index is 12.9. The Morgan fingerprint density at radius 3 is 2.33 bits per heavy atom. The molecule has 1 aromatic rings. The molecular formula is C22H31N3O5. The number of nitrogens with zero attached hydrogens (tertiary/aromatic N) is 2. The Morgan fingerprint density at radius 2 is 1.73 bits per heavy atom. The highest BCUT2D eigenvalue weighted by atomic mass is 16.5. The largest absolute Gasteiger partial charge is 0.493 e. The molecular weight excluding hydrogens is 386 g/mol. The second-order valence-corrected chi connectivity index (χ2v) is 8.11. The van der Waals surface area contributed by atoms with E-state index >= 15 is 0 Å². The molecule has 2 saturated heterocycles. The van der Waals surface area contributed by atoms with Crippen molar-refractivity contribution >= 4 is 17.7 Å². The van der Waals surface area contributed by atoms with Gasteiger partial charge in [-0.3, -0.25) is 14.4 Å². The summed E-state index contributed by atoms with van der Waals surface area (Å²) in [6.45, 7) is 4.91. The Morgan fingerprint density at radius 1 is 1.07 bits per heavy atom. The van der Waals surface area contributed by atoms with Crippen LogP contribution in [-0.4, -0.2) is 73.0 Å². The zero-order chi connectivity index (χ0) is 21.8. The standard InChI is InChI=1S/C22H31N3O5/c1-14(2)23-21(27)17-6-8-20(26)25(17)16-9-11-24(12-10-16)22(28)15-5-7-18(29-3)19(13-15)30-4/h5,7,13-14,16-17H,6,8-12H2,1-4H3,(H,23,27). The number of methoxy groups -OCH3 is 2. The Bertz CT molecular complexity index is 802. The predicted octanol–water partition coefficient (Wildman–Crippen LogP) is 1.82. The molecule has 1 unspecified atom stereocenters. The van der Waals surface area contributed by atoms with Crippen molar-refractivity contribution in [3.8, 4) is 11.5 Å². The van der Waals surface area contributed by atoms with Crippen molar-refractivity contribution in [1.29, 1.82) is 0 Å². The van der Waals surface area contributed by atoms with Gasteiger partial charge in [0.25, 0.3) is 5.91 Å². The molecule has 8 heteroatoms. The Hall–Kier alpha value is -2.77. The summed E-state index contributed by atoms with van der Waals surface area (Å²) in [6.07, 6.45) is 2.29. The number of amides is 3. The lowest BCUT2D eigenvalue weighted by atomic mass is 10.0. The SMILES string of the molecule is COc1ccc(C(=O)N2CCC(N3C(=O)CCC3C(=O)NC(C)C)CC2)cc1OC. The number of hydrogen-bond donors (Lipinski definition) is 1. The summed E-state index contributed by atoms with van der Waals surface area (Å²) in [5.74, 6) is 0.963. The first-order valence-electron chi connectivity index (χ1n) is 10.5. The van der Waals surface area contributed by atoms with Gasteiger partial charge in [0.15, 0.2) is 11.5 Å². The van der Waals surface area contributed by atoms with Crippen LogP contribution >= 0.6 is 0 Å². The summed E-state index contributed by atoms with van der Waals surface area (Å²) in [5, 5.41) is 2.92. The first-order valence-corrected chi connectivity index (χ1v) is 10.5. The van der Waals surface area contributed by atoms with Gasteiger partial charge in [-0.15, -0.1) is 0 Å². The highest BCUT2D eigenvalue weighted by Crippen LogP contribution is 2.30. The fourth-order valence-electron chi connectivity index (χ4n) is 4.30. The minimum Gasteiger partial charge on any atom is -0.493 e. The fraction of sp³-hybridized carbons (Fsp3) is 0.591. The van der Waals surface area contributed by atoms with Crippen molar-refractivity contribution in [1.82, 2.24) is 15.1 Å². The van der Waals surface area contributed by atoms with E-state index in [-0.39, 0.29) is 29.8 Å². The van der Waals surface area contributed by atoms with Gasteiger partial charge in [0.1, 0.15) is 6.04 Å². The van der Waals surface area contributed by atoms with Crippen LogP contribution < -0.4 is 14.8 Å². The maximum absolute atomic E-state index is 12.9. The van der Waals surface area contributed by atoms with Crippen molar-refractivity contribution in [2.75, 3.05) is 27.3 Å². The van der Waals surface area contributed by atoms with Gasteiger partial charge in [-0.1, -0.05) is 0 Å². The summed E-state index contributed by atoms with van der Waals surface area (Å²) < 4.78 is 10.5. The van der Waals surface area contributed by atoms with Gasteiger partial charge in [-0.2, -0.15) is 0 Å². The van der Waals surface area contributed by atoms with Crippen LogP contribution in [0.5, 0.6) is 11.5 Å². The van der Waals surface area contributed by atoms with Crippen LogP contribution in [0.25, 0.3) is 0 Å². The molecule has 0 aromatic heterocycles. The summed E-state index contributed by atoms with van der Waals surface area (Å²) >= 11 is 0. The van der Waals surface area contributed by atoms with E-state index in [0.717, 1.165) is 0 Å². The number of likely N-dealkylation sites (tertiary alicyclic amines) is 2. The first-order chi connectivity index (χ1) is 14.3. The third kappa shape index (κ3) is 4.52. The van der Waals surface area contributed by atoms with E-state index < -0.39 is 6.04 Å². The molecule has 2 aliphatic rings. The summed E-state index contributed by atoms with van der Waals surface area (Å²) in [6, 6.07) is 4.75. The number of nitrogens with one attached hydrogen (secondary N) is 1. The molecule has 0 spiro atoms. The van der Waals surface area contributed by atoms with E-state index in [1.165, 1.54) is 7.11 Å². The third-order valence-corrected chi connectivity index (χ3v) is 5.76. The zero-order valence-electron chi connectivity index (χ0n) is 18.1. The number of benzene rings is 1. The molecule has 0 radical (unpaired) electrons. The van der Waals surface area contributed by atoms with Crippen LogP contribution in [0.1, 0.15) is 49.9 Å². The average Bonchev–Trinajstić information content (AvgIpc) is 3.13. The van der Waals surface area contributed by atoms with Crippen LogP contribution in [0, 0.1) is 0 Å². The second kappa shape index (κ2) is 9.36. The fourth-order valence-corrected chi connectivity index (χ4v) is 4.30. The summed E-state index contributed by atoms with van der Waals surface area (Å²) in [5.41, 5.74) is 0.539. The smallest absolute Gasteiger partial charge is 0.253 e. The highest BCUT2D eigenvalue weighted by Gasteiger charge is 2.41. The van der Waals surface area contributed by atoms with E-state index in [9.17, 15) is 14.4 Å². The molecule has 2 aliphatic heterocycles. The van der Waals surface area contributed by atoms with Crippen molar-refractivity contribution in [2.45, 2.75) is 57.7 Å². The van der Waals surface area contributed by atoms with Crippen LogP contribution in [0.4, 0.5) is 0 Å². The Kier molecular flexibility index (Phi) is 6.84. The normalized spacial score (nSPS) is 19.9. The molecule has 1 aromatic carbocycles. The topological polar surface area (TPSA) is 88.2 Å². The number of rotatable bonds is 6. The Balaban J connectivity index is 1.64. The highest BCUT2D eigenvalue weighted by molar-refractivity contribution is 5.95. The minimum atomic E-state index is -0.405. The van der Waals surface area contributed by atoms with Crippen molar-refractivity contribution in [3.63, 3.8) is 0 Å². The van der Waals surface area contributed by atoms with Crippen molar-refractivity contribution in [3.05, 3.63) is 23.8 Å². The number of hydrogen-bond acceptors (Lipinski definition) is 5. The van der Waals surface area contributed by atoms with Gasteiger partial charge in [-0.25, -0.2) is 0 Å². The quantitative estimate of drug-likeness (QED) is 0.763. The molecule has 164 valence electrons. The van der Waals surface area contributed by atoms with Crippen LogP contribution in [0.3, 0.4) is 0 Å². The number of piperidine rings is 1. The molecule has 0 saturated carbocycles. The first kappa shape index (κ1) is 21.9. The summed E-state index contributed by atoms with van der Waals surface area (Å²) in [7, 11) is 3.09. The Labute approximate surface area is 177 Å².